The predicted octanol–water partition coefficient (Wildman–Crippen LogP) is 1.58. The number of nitrogens with zero attached hydrogens (tertiary/aromatic N) is 1. The molecule has 1 aromatic heterocycles. The van der Waals surface area contributed by atoms with Crippen LogP contribution < -0.4 is 5.32 Å². The maximum absolute atomic E-state index is 11.4. The predicted molar refractivity (Wildman–Crippen MR) is 47.1 cm³/mol. The molecule has 4 heteroatoms. The molecule has 1 amide bonds. The molecule has 1 aliphatic rings. The molecule has 4 nitrogen and oxygen atoms in total. The van der Waals surface area contributed by atoms with Gasteiger partial charge in [0.2, 0.25) is 5.91 Å². The second kappa shape index (κ2) is 2.87. The molecule has 0 radical (unpaired) electrons. The van der Waals surface area contributed by atoms with Crippen molar-refractivity contribution in [3.8, 4) is 0 Å². The molecule has 2 atom stereocenters. The van der Waals surface area contributed by atoms with Crippen LogP contribution in [0.5, 0.6) is 0 Å². The third-order valence-electron chi connectivity index (χ3n) is 2.33. The minimum atomic E-state index is 0.0563. The largest absolute Gasteiger partial charge is 0.360 e. The van der Waals surface area contributed by atoms with Crippen LogP contribution in [-0.2, 0) is 4.79 Å². The number of nitrogens with one attached hydrogen (secondary N) is 1. The Kier molecular flexibility index (Phi) is 1.83. The first-order valence-corrected chi connectivity index (χ1v) is 4.41. The van der Waals surface area contributed by atoms with E-state index in [0.717, 1.165) is 6.42 Å². The van der Waals surface area contributed by atoms with E-state index in [-0.39, 0.29) is 11.8 Å². The van der Waals surface area contributed by atoms with Crippen molar-refractivity contribution in [2.24, 2.45) is 11.8 Å². The van der Waals surface area contributed by atoms with Crippen molar-refractivity contribution >= 4 is 11.7 Å². The highest BCUT2D eigenvalue weighted by Gasteiger charge is 2.39. The van der Waals surface area contributed by atoms with Crippen molar-refractivity contribution in [1.82, 2.24) is 5.16 Å². The first kappa shape index (κ1) is 8.29. The quantitative estimate of drug-likeness (QED) is 0.751. The number of hydrogen-bond acceptors (Lipinski definition) is 3. The zero-order valence-corrected chi connectivity index (χ0v) is 7.70. The Morgan fingerprint density at radius 1 is 1.77 bits per heavy atom. The minimum Gasteiger partial charge on any atom is -0.360 e. The molecule has 2 unspecified atom stereocenters. The number of rotatable bonds is 2. The van der Waals surface area contributed by atoms with Gasteiger partial charge in [0, 0.05) is 12.0 Å². The summed E-state index contributed by atoms with van der Waals surface area (Å²) in [4.78, 5) is 11.4. The normalized spacial score (nSPS) is 25.7. The Balaban J connectivity index is 1.95. The van der Waals surface area contributed by atoms with Gasteiger partial charge in [0.05, 0.1) is 0 Å². The summed E-state index contributed by atoms with van der Waals surface area (Å²) in [5.74, 6) is 1.98. The molecule has 1 aromatic rings. The third-order valence-corrected chi connectivity index (χ3v) is 2.33. The molecule has 1 saturated carbocycles. The van der Waals surface area contributed by atoms with Crippen LogP contribution in [0.2, 0.25) is 0 Å². The molecule has 0 aromatic carbocycles. The zero-order valence-electron chi connectivity index (χ0n) is 7.70. The Morgan fingerprint density at radius 2 is 2.46 bits per heavy atom. The Labute approximate surface area is 76.3 Å². The first-order valence-electron chi connectivity index (χ1n) is 4.41. The molecule has 1 N–H and O–H groups in total. The average molecular weight is 180 g/mol. The van der Waals surface area contributed by atoms with Crippen LogP contribution in [0.3, 0.4) is 0 Å². The highest BCUT2D eigenvalue weighted by atomic mass is 16.5. The van der Waals surface area contributed by atoms with E-state index in [1.165, 1.54) is 0 Å². The van der Waals surface area contributed by atoms with E-state index < -0.39 is 0 Å². The molecule has 1 aliphatic carbocycles. The molecule has 13 heavy (non-hydrogen) atoms. The summed E-state index contributed by atoms with van der Waals surface area (Å²) < 4.78 is 4.83. The van der Waals surface area contributed by atoms with Gasteiger partial charge in [-0.05, 0) is 19.3 Å². The number of aryl methyl sites for hydroxylation is 1. The number of hydrogen-bond donors (Lipinski definition) is 1. The lowest BCUT2D eigenvalue weighted by molar-refractivity contribution is -0.117. The van der Waals surface area contributed by atoms with E-state index in [1.807, 2.05) is 0 Å². The summed E-state index contributed by atoms with van der Waals surface area (Å²) in [5, 5.41) is 6.40. The number of aromatic nitrogens is 1. The van der Waals surface area contributed by atoms with Crippen molar-refractivity contribution in [3.63, 3.8) is 0 Å². The van der Waals surface area contributed by atoms with Crippen LogP contribution in [0, 0.1) is 18.8 Å². The molecule has 0 aliphatic heterocycles. The smallest absolute Gasteiger partial charge is 0.229 e. The molecule has 0 bridgehead atoms. The highest BCUT2D eigenvalue weighted by molar-refractivity contribution is 5.93. The SMILES string of the molecule is Cc1cc(NC(=O)C2CC2C)no1. The van der Waals surface area contributed by atoms with E-state index >= 15 is 0 Å². The molecule has 0 spiro atoms. The fourth-order valence-electron chi connectivity index (χ4n) is 1.33. The second-order valence-electron chi connectivity index (χ2n) is 3.63. The Bertz CT molecular complexity index is 332. The van der Waals surface area contributed by atoms with Crippen LogP contribution in [0.15, 0.2) is 10.6 Å². The van der Waals surface area contributed by atoms with Gasteiger partial charge in [0.1, 0.15) is 5.76 Å². The number of amides is 1. The van der Waals surface area contributed by atoms with Gasteiger partial charge in [-0.3, -0.25) is 4.79 Å². The maximum Gasteiger partial charge on any atom is 0.229 e. The average Bonchev–Trinajstić information content (AvgIpc) is 2.66. The van der Waals surface area contributed by atoms with Gasteiger partial charge in [-0.2, -0.15) is 0 Å². The van der Waals surface area contributed by atoms with E-state index in [4.69, 9.17) is 4.52 Å². The van der Waals surface area contributed by atoms with Gasteiger partial charge in [-0.1, -0.05) is 12.1 Å². The van der Waals surface area contributed by atoms with Gasteiger partial charge in [-0.15, -0.1) is 0 Å². The zero-order chi connectivity index (χ0) is 9.42. The summed E-state index contributed by atoms with van der Waals surface area (Å²) in [6.07, 6.45) is 0.989. The van der Waals surface area contributed by atoms with E-state index in [0.29, 0.717) is 17.5 Å². The van der Waals surface area contributed by atoms with Gasteiger partial charge in [-0.25, -0.2) is 0 Å². The standard InChI is InChI=1S/C9H12N2O2/c1-5-3-7(5)9(12)10-8-4-6(2)13-11-8/h4-5,7H,3H2,1-2H3,(H,10,11,12). The Morgan fingerprint density at radius 3 is 2.92 bits per heavy atom. The number of anilines is 1. The monoisotopic (exact) mass is 180 g/mol. The molecule has 1 heterocycles. The molecule has 0 saturated heterocycles. The summed E-state index contributed by atoms with van der Waals surface area (Å²) >= 11 is 0. The number of carbonyl (C=O) groups excluding carboxylic acids is 1. The molecular formula is C9H12N2O2. The maximum atomic E-state index is 11.4. The fraction of sp³-hybridized carbons (Fsp3) is 0.556. The molecule has 70 valence electrons. The van der Waals surface area contributed by atoms with Crippen LogP contribution in [0.25, 0.3) is 0 Å². The van der Waals surface area contributed by atoms with Gasteiger partial charge in [0.15, 0.2) is 5.82 Å². The summed E-state index contributed by atoms with van der Waals surface area (Å²) in [5.41, 5.74) is 0. The lowest BCUT2D eigenvalue weighted by atomic mass is 10.3. The van der Waals surface area contributed by atoms with Crippen LogP contribution in [0.4, 0.5) is 5.82 Å². The molecule has 2 rings (SSSR count). The topological polar surface area (TPSA) is 55.1 Å². The first-order chi connectivity index (χ1) is 6.16. The van der Waals surface area contributed by atoms with Crippen molar-refractivity contribution < 1.29 is 9.32 Å². The van der Waals surface area contributed by atoms with Gasteiger partial charge >= 0.3 is 0 Å². The lowest BCUT2D eigenvalue weighted by Crippen LogP contribution is -2.14. The molecular weight excluding hydrogens is 168 g/mol. The fourth-order valence-corrected chi connectivity index (χ4v) is 1.33. The van der Waals surface area contributed by atoms with E-state index in [1.54, 1.807) is 13.0 Å². The summed E-state index contributed by atoms with van der Waals surface area (Å²) in [6, 6.07) is 1.71. The van der Waals surface area contributed by atoms with Crippen molar-refractivity contribution in [2.75, 3.05) is 5.32 Å². The van der Waals surface area contributed by atoms with E-state index in [2.05, 4.69) is 17.4 Å². The number of carbonyl (C=O) groups is 1. The third kappa shape index (κ3) is 1.71. The van der Waals surface area contributed by atoms with Crippen molar-refractivity contribution in [2.45, 2.75) is 20.3 Å². The second-order valence-corrected chi connectivity index (χ2v) is 3.63. The Hall–Kier alpha value is -1.32. The van der Waals surface area contributed by atoms with Crippen molar-refractivity contribution in [3.05, 3.63) is 11.8 Å². The van der Waals surface area contributed by atoms with Crippen LogP contribution in [0.1, 0.15) is 19.1 Å². The highest BCUT2D eigenvalue weighted by Crippen LogP contribution is 2.38. The summed E-state index contributed by atoms with van der Waals surface area (Å²) in [7, 11) is 0. The van der Waals surface area contributed by atoms with Gasteiger partial charge in [0.25, 0.3) is 0 Å². The summed E-state index contributed by atoms with van der Waals surface area (Å²) in [6.45, 7) is 3.86. The van der Waals surface area contributed by atoms with Crippen LogP contribution in [-0.4, -0.2) is 11.1 Å². The van der Waals surface area contributed by atoms with Gasteiger partial charge < -0.3 is 9.84 Å². The molecule has 1 fully saturated rings. The minimum absolute atomic E-state index is 0.0563. The van der Waals surface area contributed by atoms with Crippen LogP contribution >= 0.6 is 0 Å². The van der Waals surface area contributed by atoms with Crippen molar-refractivity contribution in [1.29, 1.82) is 0 Å². The lowest BCUT2D eigenvalue weighted by Gasteiger charge is -1.97. The van der Waals surface area contributed by atoms with E-state index in [9.17, 15) is 4.79 Å².